The summed E-state index contributed by atoms with van der Waals surface area (Å²) in [4.78, 5) is 7.11. The molecular weight excluding hydrogens is 314 g/mol. The Kier molecular flexibility index (Phi) is 4.12. The van der Waals surface area contributed by atoms with Gasteiger partial charge in [0, 0.05) is 30.5 Å². The summed E-state index contributed by atoms with van der Waals surface area (Å²) in [5.41, 5.74) is 2.82. The van der Waals surface area contributed by atoms with Gasteiger partial charge in [-0.2, -0.15) is 0 Å². The minimum atomic E-state index is -0.00607. The molecule has 1 aliphatic heterocycles. The maximum absolute atomic E-state index is 5.98. The van der Waals surface area contributed by atoms with Gasteiger partial charge < -0.3 is 8.94 Å². The molecule has 0 bridgehead atoms. The maximum atomic E-state index is 5.98. The SMILES string of the molecule is CC(C)(C)c1cc(CN2CCCC(c3nc4ccccc4o3)C2)no1. The summed E-state index contributed by atoms with van der Waals surface area (Å²) < 4.78 is 11.5. The van der Waals surface area contributed by atoms with Crippen molar-refractivity contribution in [2.24, 2.45) is 0 Å². The van der Waals surface area contributed by atoms with Gasteiger partial charge in [-0.25, -0.2) is 4.98 Å². The predicted octanol–water partition coefficient (Wildman–Crippen LogP) is 4.49. The molecule has 0 saturated carbocycles. The number of hydrogen-bond donors (Lipinski definition) is 0. The average molecular weight is 339 g/mol. The van der Waals surface area contributed by atoms with E-state index in [1.165, 1.54) is 0 Å². The zero-order chi connectivity index (χ0) is 17.4. The number of oxazole rings is 1. The van der Waals surface area contributed by atoms with E-state index < -0.39 is 0 Å². The smallest absolute Gasteiger partial charge is 0.199 e. The van der Waals surface area contributed by atoms with Crippen LogP contribution in [0.3, 0.4) is 0 Å². The highest BCUT2D eigenvalue weighted by Crippen LogP contribution is 2.30. The van der Waals surface area contributed by atoms with E-state index in [1.54, 1.807) is 0 Å². The number of para-hydroxylation sites is 2. The number of piperidine rings is 1. The molecule has 1 unspecified atom stereocenters. The third-order valence-electron chi connectivity index (χ3n) is 4.85. The van der Waals surface area contributed by atoms with Gasteiger partial charge in [-0.05, 0) is 31.5 Å². The van der Waals surface area contributed by atoms with Gasteiger partial charge >= 0.3 is 0 Å². The molecule has 0 amide bonds. The third-order valence-corrected chi connectivity index (χ3v) is 4.85. The molecule has 0 aliphatic carbocycles. The standard InChI is InChI=1S/C20H25N3O2/c1-20(2,3)18-11-15(22-25-18)13-23-10-6-7-14(12-23)19-21-16-8-4-5-9-17(16)24-19/h4-5,8-9,11,14H,6-7,10,12-13H2,1-3H3. The van der Waals surface area contributed by atoms with E-state index in [0.717, 1.165) is 60.9 Å². The van der Waals surface area contributed by atoms with Crippen molar-refractivity contribution >= 4 is 11.1 Å². The molecule has 0 radical (unpaired) electrons. The lowest BCUT2D eigenvalue weighted by atomic mass is 9.93. The van der Waals surface area contributed by atoms with Crippen molar-refractivity contribution in [2.45, 2.75) is 51.5 Å². The molecule has 1 aliphatic rings. The van der Waals surface area contributed by atoms with Crippen molar-refractivity contribution in [2.75, 3.05) is 13.1 Å². The van der Waals surface area contributed by atoms with Gasteiger partial charge in [0.15, 0.2) is 11.5 Å². The van der Waals surface area contributed by atoms with E-state index in [4.69, 9.17) is 8.94 Å². The molecule has 3 aromatic rings. The molecule has 1 fully saturated rings. The molecule has 4 rings (SSSR count). The molecule has 5 nitrogen and oxygen atoms in total. The summed E-state index contributed by atoms with van der Waals surface area (Å²) in [6, 6.07) is 10.1. The molecule has 3 heterocycles. The lowest BCUT2D eigenvalue weighted by molar-refractivity contribution is 0.182. The average Bonchev–Trinajstić information content (AvgIpc) is 3.21. The van der Waals surface area contributed by atoms with Gasteiger partial charge in [-0.1, -0.05) is 38.1 Å². The zero-order valence-electron chi connectivity index (χ0n) is 15.2. The Morgan fingerprint density at radius 1 is 1.24 bits per heavy atom. The Hall–Kier alpha value is -2.14. The quantitative estimate of drug-likeness (QED) is 0.703. The van der Waals surface area contributed by atoms with Crippen LogP contribution in [0, 0.1) is 0 Å². The van der Waals surface area contributed by atoms with Crippen molar-refractivity contribution < 1.29 is 8.94 Å². The topological polar surface area (TPSA) is 55.3 Å². The van der Waals surface area contributed by atoms with E-state index in [1.807, 2.05) is 24.3 Å². The molecule has 1 atom stereocenters. The molecule has 1 aromatic carbocycles. The highest BCUT2D eigenvalue weighted by Gasteiger charge is 2.27. The second kappa shape index (κ2) is 6.30. The number of aromatic nitrogens is 2. The largest absolute Gasteiger partial charge is 0.440 e. The Bertz CT molecular complexity index is 826. The van der Waals surface area contributed by atoms with Crippen LogP contribution in [-0.4, -0.2) is 28.1 Å². The molecular formula is C20H25N3O2. The number of fused-ring (bicyclic) bond motifs is 1. The van der Waals surface area contributed by atoms with Gasteiger partial charge in [0.1, 0.15) is 11.3 Å². The zero-order valence-corrected chi connectivity index (χ0v) is 15.2. The lowest BCUT2D eigenvalue weighted by Crippen LogP contribution is -2.34. The normalized spacial score (nSPS) is 19.6. The monoisotopic (exact) mass is 339 g/mol. The minimum absolute atomic E-state index is 0.00607. The Morgan fingerprint density at radius 2 is 2.08 bits per heavy atom. The van der Waals surface area contributed by atoms with Crippen LogP contribution in [0.1, 0.15) is 56.9 Å². The van der Waals surface area contributed by atoms with E-state index in [2.05, 4.69) is 41.9 Å². The second-order valence-electron chi connectivity index (χ2n) is 8.03. The Labute approximate surface area is 148 Å². The summed E-state index contributed by atoms with van der Waals surface area (Å²) in [6.45, 7) is 9.26. The first-order valence-corrected chi connectivity index (χ1v) is 9.03. The fraction of sp³-hybridized carbons (Fsp3) is 0.500. The highest BCUT2D eigenvalue weighted by molar-refractivity contribution is 5.72. The van der Waals surface area contributed by atoms with Crippen LogP contribution in [0.5, 0.6) is 0 Å². The summed E-state index contributed by atoms with van der Waals surface area (Å²) in [5.74, 6) is 2.14. The summed E-state index contributed by atoms with van der Waals surface area (Å²) in [7, 11) is 0. The highest BCUT2D eigenvalue weighted by atomic mass is 16.5. The van der Waals surface area contributed by atoms with Gasteiger partial charge in [-0.15, -0.1) is 0 Å². The fourth-order valence-electron chi connectivity index (χ4n) is 3.43. The Balaban J connectivity index is 1.46. The van der Waals surface area contributed by atoms with E-state index >= 15 is 0 Å². The van der Waals surface area contributed by atoms with Crippen LogP contribution in [0.2, 0.25) is 0 Å². The van der Waals surface area contributed by atoms with E-state index in [9.17, 15) is 0 Å². The molecule has 5 heteroatoms. The number of likely N-dealkylation sites (tertiary alicyclic amines) is 1. The first-order chi connectivity index (χ1) is 12.0. The van der Waals surface area contributed by atoms with Gasteiger partial charge in [0.2, 0.25) is 0 Å². The van der Waals surface area contributed by atoms with Crippen LogP contribution in [-0.2, 0) is 12.0 Å². The van der Waals surface area contributed by atoms with Gasteiger partial charge in [-0.3, -0.25) is 4.90 Å². The predicted molar refractivity (Wildman–Crippen MR) is 96.5 cm³/mol. The van der Waals surface area contributed by atoms with Crippen molar-refractivity contribution in [1.82, 2.24) is 15.0 Å². The number of hydrogen-bond acceptors (Lipinski definition) is 5. The van der Waals surface area contributed by atoms with Crippen LogP contribution in [0.4, 0.5) is 0 Å². The van der Waals surface area contributed by atoms with Crippen molar-refractivity contribution in [3.8, 4) is 0 Å². The summed E-state index contributed by atoms with van der Waals surface area (Å²) >= 11 is 0. The molecule has 2 aromatic heterocycles. The van der Waals surface area contributed by atoms with Crippen LogP contribution in [0.25, 0.3) is 11.1 Å². The fourth-order valence-corrected chi connectivity index (χ4v) is 3.43. The third kappa shape index (κ3) is 3.47. The minimum Gasteiger partial charge on any atom is -0.440 e. The maximum Gasteiger partial charge on any atom is 0.199 e. The number of nitrogens with zero attached hydrogens (tertiary/aromatic N) is 3. The number of benzene rings is 1. The van der Waals surface area contributed by atoms with Gasteiger partial charge in [0.25, 0.3) is 0 Å². The number of rotatable bonds is 3. The molecule has 0 spiro atoms. The lowest BCUT2D eigenvalue weighted by Gasteiger charge is -2.30. The van der Waals surface area contributed by atoms with Crippen LogP contribution < -0.4 is 0 Å². The molecule has 0 N–H and O–H groups in total. The molecule has 132 valence electrons. The second-order valence-corrected chi connectivity index (χ2v) is 8.03. The van der Waals surface area contributed by atoms with Gasteiger partial charge in [0.05, 0.1) is 5.69 Å². The van der Waals surface area contributed by atoms with Crippen molar-refractivity contribution in [1.29, 1.82) is 0 Å². The molecule has 1 saturated heterocycles. The van der Waals surface area contributed by atoms with Crippen molar-refractivity contribution in [3.63, 3.8) is 0 Å². The first-order valence-electron chi connectivity index (χ1n) is 9.03. The first kappa shape index (κ1) is 16.3. The summed E-state index contributed by atoms with van der Waals surface area (Å²) in [6.07, 6.45) is 2.27. The van der Waals surface area contributed by atoms with Crippen LogP contribution >= 0.6 is 0 Å². The van der Waals surface area contributed by atoms with E-state index in [0.29, 0.717) is 5.92 Å². The van der Waals surface area contributed by atoms with Crippen molar-refractivity contribution in [3.05, 3.63) is 47.7 Å². The Morgan fingerprint density at radius 3 is 2.84 bits per heavy atom. The molecule has 25 heavy (non-hydrogen) atoms. The van der Waals surface area contributed by atoms with Crippen LogP contribution in [0.15, 0.2) is 39.3 Å². The summed E-state index contributed by atoms with van der Waals surface area (Å²) in [5, 5.41) is 4.25. The van der Waals surface area contributed by atoms with E-state index in [-0.39, 0.29) is 5.41 Å².